The molecule has 0 bridgehead atoms. The topological polar surface area (TPSA) is 58.6 Å². The highest BCUT2D eigenvalue weighted by atomic mass is 16.5. The van der Waals surface area contributed by atoms with Crippen molar-refractivity contribution in [3.8, 4) is 5.75 Å². The fourth-order valence-corrected chi connectivity index (χ4v) is 3.14. The van der Waals surface area contributed by atoms with E-state index < -0.39 is 0 Å². The van der Waals surface area contributed by atoms with Crippen molar-refractivity contribution in [1.82, 2.24) is 5.32 Å². The first-order chi connectivity index (χ1) is 10.2. The molecule has 1 aliphatic heterocycles. The van der Waals surface area contributed by atoms with E-state index in [9.17, 15) is 9.90 Å². The van der Waals surface area contributed by atoms with E-state index in [0.29, 0.717) is 18.7 Å². The molecule has 1 heterocycles. The van der Waals surface area contributed by atoms with Gasteiger partial charge in [-0.25, -0.2) is 0 Å². The Morgan fingerprint density at radius 3 is 2.81 bits per heavy atom. The summed E-state index contributed by atoms with van der Waals surface area (Å²) in [5.74, 6) is 0.723. The summed E-state index contributed by atoms with van der Waals surface area (Å²) in [4.78, 5) is 12.3. The number of ether oxygens (including phenoxy) is 1. The third-order valence-corrected chi connectivity index (χ3v) is 4.55. The first-order valence-electron chi connectivity index (χ1n) is 7.54. The average Bonchev–Trinajstić information content (AvgIpc) is 3.01. The molecular weight excluding hydrogens is 266 g/mol. The molecule has 0 saturated heterocycles. The molecule has 2 aliphatic rings. The number of aliphatic hydroxyl groups is 1. The van der Waals surface area contributed by atoms with Crippen LogP contribution in [0.5, 0.6) is 5.75 Å². The quantitative estimate of drug-likeness (QED) is 0.892. The number of benzene rings is 1. The van der Waals surface area contributed by atoms with Gasteiger partial charge < -0.3 is 15.2 Å². The van der Waals surface area contributed by atoms with Crippen LogP contribution in [0.15, 0.2) is 29.8 Å². The molecule has 1 fully saturated rings. The van der Waals surface area contributed by atoms with Gasteiger partial charge in [0, 0.05) is 17.5 Å². The molecule has 0 radical (unpaired) electrons. The molecule has 0 unspecified atom stereocenters. The molecule has 4 heteroatoms. The monoisotopic (exact) mass is 287 g/mol. The summed E-state index contributed by atoms with van der Waals surface area (Å²) in [5.41, 5.74) is 1.45. The fourth-order valence-electron chi connectivity index (χ4n) is 3.14. The number of hydrogen-bond acceptors (Lipinski definition) is 3. The Bertz CT molecular complexity index is 559. The highest BCUT2D eigenvalue weighted by Crippen LogP contribution is 2.37. The molecule has 0 spiro atoms. The van der Waals surface area contributed by atoms with Crippen LogP contribution in [0.25, 0.3) is 6.08 Å². The lowest BCUT2D eigenvalue weighted by atomic mass is 9.87. The maximum atomic E-state index is 12.3. The Balaban J connectivity index is 1.65. The largest absolute Gasteiger partial charge is 0.488 e. The van der Waals surface area contributed by atoms with Gasteiger partial charge >= 0.3 is 0 Å². The highest BCUT2D eigenvalue weighted by molar-refractivity contribution is 5.99. The van der Waals surface area contributed by atoms with Gasteiger partial charge in [-0.1, -0.05) is 31.0 Å². The minimum Gasteiger partial charge on any atom is -0.488 e. The lowest BCUT2D eigenvalue weighted by Crippen LogP contribution is -2.39. The standard InChI is InChI=1S/C17H21NO3/c19-12-17(7-3-4-8-17)11-18-16(20)14-9-13-5-1-2-6-15(13)21-10-14/h1-2,5-6,9,19H,3-4,7-8,10-12H2,(H,18,20). The molecule has 1 amide bonds. The van der Waals surface area contributed by atoms with Gasteiger partial charge in [0.25, 0.3) is 5.91 Å². The van der Waals surface area contributed by atoms with Gasteiger partial charge in [0.05, 0.1) is 12.2 Å². The molecule has 21 heavy (non-hydrogen) atoms. The minimum atomic E-state index is -0.121. The van der Waals surface area contributed by atoms with Crippen molar-refractivity contribution in [2.45, 2.75) is 25.7 Å². The molecular formula is C17H21NO3. The second kappa shape index (κ2) is 5.90. The second-order valence-electron chi connectivity index (χ2n) is 6.04. The molecule has 3 rings (SSSR count). The number of fused-ring (bicyclic) bond motifs is 1. The smallest absolute Gasteiger partial charge is 0.250 e. The van der Waals surface area contributed by atoms with Crippen LogP contribution < -0.4 is 10.1 Å². The normalized spacial score (nSPS) is 19.4. The van der Waals surface area contributed by atoms with Crippen LogP contribution in [0.1, 0.15) is 31.2 Å². The van der Waals surface area contributed by atoms with Crippen molar-refractivity contribution in [2.24, 2.45) is 5.41 Å². The molecule has 112 valence electrons. The molecule has 1 aromatic carbocycles. The number of amides is 1. The first-order valence-corrected chi connectivity index (χ1v) is 7.54. The lowest BCUT2D eigenvalue weighted by molar-refractivity contribution is -0.118. The molecule has 4 nitrogen and oxygen atoms in total. The third-order valence-electron chi connectivity index (χ3n) is 4.55. The molecule has 2 N–H and O–H groups in total. The number of hydrogen-bond donors (Lipinski definition) is 2. The zero-order chi connectivity index (χ0) is 14.7. The van der Waals surface area contributed by atoms with Gasteiger partial charge in [-0.3, -0.25) is 4.79 Å². The summed E-state index contributed by atoms with van der Waals surface area (Å²) in [7, 11) is 0. The lowest BCUT2D eigenvalue weighted by Gasteiger charge is -2.27. The van der Waals surface area contributed by atoms with Crippen LogP contribution in [0, 0.1) is 5.41 Å². The number of carbonyl (C=O) groups is 1. The maximum Gasteiger partial charge on any atom is 0.250 e. The van der Waals surface area contributed by atoms with Gasteiger partial charge in [0.1, 0.15) is 12.4 Å². The Hall–Kier alpha value is -1.81. The molecule has 1 saturated carbocycles. The third kappa shape index (κ3) is 2.95. The summed E-state index contributed by atoms with van der Waals surface area (Å²) in [6, 6.07) is 7.69. The van der Waals surface area contributed by atoms with Crippen molar-refractivity contribution < 1.29 is 14.6 Å². The van der Waals surface area contributed by atoms with E-state index in [1.165, 1.54) is 0 Å². The number of nitrogens with one attached hydrogen (secondary N) is 1. The zero-order valence-electron chi connectivity index (χ0n) is 12.1. The van der Waals surface area contributed by atoms with Crippen molar-refractivity contribution >= 4 is 12.0 Å². The van der Waals surface area contributed by atoms with Crippen molar-refractivity contribution in [3.05, 3.63) is 35.4 Å². The number of carbonyl (C=O) groups excluding carboxylic acids is 1. The van der Waals surface area contributed by atoms with E-state index in [1.807, 2.05) is 30.3 Å². The SMILES string of the molecule is O=C(NCC1(CO)CCCC1)C1=Cc2ccccc2OC1. The first kappa shape index (κ1) is 14.1. The van der Waals surface area contributed by atoms with E-state index in [0.717, 1.165) is 37.0 Å². The van der Waals surface area contributed by atoms with Crippen molar-refractivity contribution in [1.29, 1.82) is 0 Å². The minimum absolute atomic E-state index is 0.0933. The molecule has 1 aromatic rings. The van der Waals surface area contributed by atoms with E-state index in [-0.39, 0.29) is 17.9 Å². The van der Waals surface area contributed by atoms with Crippen LogP contribution in [0.3, 0.4) is 0 Å². The molecule has 0 aromatic heterocycles. The van der Waals surface area contributed by atoms with Crippen LogP contribution in [0.2, 0.25) is 0 Å². The highest BCUT2D eigenvalue weighted by Gasteiger charge is 2.33. The molecule has 0 atom stereocenters. The van der Waals surface area contributed by atoms with Crippen LogP contribution in [-0.4, -0.2) is 30.8 Å². The Kier molecular flexibility index (Phi) is 3.97. The van der Waals surface area contributed by atoms with Gasteiger partial charge in [-0.2, -0.15) is 0 Å². The van der Waals surface area contributed by atoms with E-state index in [4.69, 9.17) is 4.74 Å². The van der Waals surface area contributed by atoms with E-state index >= 15 is 0 Å². The van der Waals surface area contributed by atoms with Crippen LogP contribution in [0.4, 0.5) is 0 Å². The van der Waals surface area contributed by atoms with Crippen LogP contribution >= 0.6 is 0 Å². The fraction of sp³-hybridized carbons (Fsp3) is 0.471. The van der Waals surface area contributed by atoms with Crippen molar-refractivity contribution in [3.63, 3.8) is 0 Å². The van der Waals surface area contributed by atoms with Gasteiger partial charge in [0.2, 0.25) is 0 Å². The number of rotatable bonds is 4. The molecule has 1 aliphatic carbocycles. The zero-order valence-corrected chi connectivity index (χ0v) is 12.1. The van der Waals surface area contributed by atoms with Gasteiger partial charge in [-0.05, 0) is 25.0 Å². The predicted molar refractivity (Wildman–Crippen MR) is 80.9 cm³/mol. The van der Waals surface area contributed by atoms with Crippen LogP contribution in [-0.2, 0) is 4.79 Å². The van der Waals surface area contributed by atoms with Gasteiger partial charge in [0.15, 0.2) is 0 Å². The van der Waals surface area contributed by atoms with Crippen molar-refractivity contribution in [2.75, 3.05) is 19.8 Å². The van der Waals surface area contributed by atoms with Gasteiger partial charge in [-0.15, -0.1) is 0 Å². The average molecular weight is 287 g/mol. The van der Waals surface area contributed by atoms with E-state index in [1.54, 1.807) is 0 Å². The Morgan fingerprint density at radius 1 is 1.29 bits per heavy atom. The summed E-state index contributed by atoms with van der Waals surface area (Å²) in [5, 5.41) is 12.5. The summed E-state index contributed by atoms with van der Waals surface area (Å²) in [6.45, 7) is 0.988. The maximum absolute atomic E-state index is 12.3. The number of para-hydroxylation sites is 1. The summed E-state index contributed by atoms with van der Waals surface area (Å²) < 4.78 is 5.60. The Labute approximate surface area is 124 Å². The Morgan fingerprint density at radius 2 is 2.05 bits per heavy atom. The predicted octanol–water partition coefficient (Wildman–Crippen LogP) is 2.13. The second-order valence-corrected chi connectivity index (χ2v) is 6.04. The summed E-state index contributed by atoms with van der Waals surface area (Å²) >= 11 is 0. The summed E-state index contributed by atoms with van der Waals surface area (Å²) in [6.07, 6.45) is 6.13. The number of aliphatic hydroxyl groups excluding tert-OH is 1. The van der Waals surface area contributed by atoms with E-state index in [2.05, 4.69) is 5.32 Å².